The van der Waals surface area contributed by atoms with Gasteiger partial charge in [0.15, 0.2) is 0 Å². The van der Waals surface area contributed by atoms with Crippen molar-refractivity contribution in [1.29, 1.82) is 0 Å². The Morgan fingerprint density at radius 3 is 2.83 bits per heavy atom. The molecule has 1 aromatic carbocycles. The van der Waals surface area contributed by atoms with Crippen LogP contribution in [0.25, 0.3) is 0 Å². The van der Waals surface area contributed by atoms with Crippen molar-refractivity contribution in [2.75, 3.05) is 19.4 Å². The second-order valence-corrected chi connectivity index (χ2v) is 5.96. The number of nitrogens with one attached hydrogen (secondary N) is 1. The van der Waals surface area contributed by atoms with Crippen molar-refractivity contribution in [3.8, 4) is 0 Å². The Morgan fingerprint density at radius 1 is 1.33 bits per heavy atom. The number of benzene rings is 1. The van der Waals surface area contributed by atoms with E-state index < -0.39 is 0 Å². The molecule has 0 radical (unpaired) electrons. The molecule has 0 saturated heterocycles. The van der Waals surface area contributed by atoms with Gasteiger partial charge in [0.1, 0.15) is 0 Å². The molecule has 0 aliphatic rings. The summed E-state index contributed by atoms with van der Waals surface area (Å²) in [6.45, 7) is 3.85. The summed E-state index contributed by atoms with van der Waals surface area (Å²) in [5.74, 6) is 0. The van der Waals surface area contributed by atoms with E-state index in [9.17, 15) is 0 Å². The third-order valence-electron chi connectivity index (χ3n) is 2.56. The summed E-state index contributed by atoms with van der Waals surface area (Å²) in [5.41, 5.74) is 2.49. The minimum Gasteiger partial charge on any atom is -0.380 e. The molecule has 1 aromatic heterocycles. The van der Waals surface area contributed by atoms with Gasteiger partial charge in [0.05, 0.1) is 11.6 Å². The Kier molecular flexibility index (Phi) is 4.33. The maximum Gasteiger partial charge on any atom is 0.0897 e. The number of thiazole rings is 1. The first kappa shape index (κ1) is 13.1. The monoisotopic (exact) mass is 261 g/mol. The number of hydrogen-bond acceptors (Lipinski definition) is 4. The van der Waals surface area contributed by atoms with Gasteiger partial charge in [-0.2, -0.15) is 0 Å². The van der Waals surface area contributed by atoms with Crippen molar-refractivity contribution >= 4 is 17.0 Å². The van der Waals surface area contributed by atoms with Gasteiger partial charge in [-0.3, -0.25) is 0 Å². The first-order chi connectivity index (χ1) is 8.63. The van der Waals surface area contributed by atoms with Crippen molar-refractivity contribution in [2.45, 2.75) is 20.0 Å². The lowest BCUT2D eigenvalue weighted by molar-refractivity contribution is 0.402. The summed E-state index contributed by atoms with van der Waals surface area (Å²) < 4.78 is 0. The van der Waals surface area contributed by atoms with Crippen LogP contribution in [-0.2, 0) is 13.1 Å². The average molecular weight is 261 g/mol. The van der Waals surface area contributed by atoms with Gasteiger partial charge in [-0.05, 0) is 38.7 Å². The second kappa shape index (κ2) is 5.98. The van der Waals surface area contributed by atoms with E-state index in [-0.39, 0.29) is 0 Å². The van der Waals surface area contributed by atoms with Crippen LogP contribution in [0.3, 0.4) is 0 Å². The first-order valence-electron chi connectivity index (χ1n) is 6.02. The second-order valence-electron chi connectivity index (χ2n) is 4.64. The van der Waals surface area contributed by atoms with Crippen LogP contribution >= 0.6 is 11.3 Å². The fourth-order valence-electron chi connectivity index (χ4n) is 1.82. The normalized spacial score (nSPS) is 10.9. The zero-order valence-electron chi connectivity index (χ0n) is 11.1. The molecule has 96 valence electrons. The Labute approximate surface area is 112 Å². The molecule has 0 fully saturated rings. The topological polar surface area (TPSA) is 28.2 Å². The molecule has 0 spiro atoms. The quantitative estimate of drug-likeness (QED) is 0.896. The predicted octanol–water partition coefficient (Wildman–Crippen LogP) is 3.13. The minimum absolute atomic E-state index is 0.844. The van der Waals surface area contributed by atoms with Crippen LogP contribution < -0.4 is 5.32 Å². The highest BCUT2D eigenvalue weighted by Crippen LogP contribution is 2.16. The molecule has 3 nitrogen and oxygen atoms in total. The van der Waals surface area contributed by atoms with E-state index in [0.29, 0.717) is 0 Å². The Balaban J connectivity index is 1.96. The Morgan fingerprint density at radius 2 is 2.17 bits per heavy atom. The van der Waals surface area contributed by atoms with Gasteiger partial charge in [-0.1, -0.05) is 12.1 Å². The first-order valence-corrected chi connectivity index (χ1v) is 6.84. The van der Waals surface area contributed by atoms with E-state index in [4.69, 9.17) is 0 Å². The van der Waals surface area contributed by atoms with Gasteiger partial charge < -0.3 is 10.2 Å². The molecule has 1 heterocycles. The van der Waals surface area contributed by atoms with E-state index in [1.807, 2.05) is 13.1 Å². The highest BCUT2D eigenvalue weighted by atomic mass is 32.1. The minimum atomic E-state index is 0.844. The third-order valence-corrected chi connectivity index (χ3v) is 3.47. The average Bonchev–Trinajstić information content (AvgIpc) is 2.72. The van der Waals surface area contributed by atoms with E-state index in [1.165, 1.54) is 16.1 Å². The van der Waals surface area contributed by atoms with Gasteiger partial charge in [0.2, 0.25) is 0 Å². The molecule has 0 atom stereocenters. The lowest BCUT2D eigenvalue weighted by Gasteiger charge is -2.11. The summed E-state index contributed by atoms with van der Waals surface area (Å²) in [5, 5.41) is 4.56. The van der Waals surface area contributed by atoms with Crippen molar-refractivity contribution in [2.24, 2.45) is 0 Å². The number of nitrogens with zero attached hydrogens (tertiary/aromatic N) is 2. The third kappa shape index (κ3) is 3.82. The molecule has 2 rings (SSSR count). The molecule has 0 unspecified atom stereocenters. The zero-order chi connectivity index (χ0) is 13.0. The molecule has 0 amide bonds. The molecule has 0 aliphatic heterocycles. The molecule has 0 saturated carbocycles. The van der Waals surface area contributed by atoms with Gasteiger partial charge in [-0.25, -0.2) is 4.98 Å². The van der Waals surface area contributed by atoms with E-state index >= 15 is 0 Å². The van der Waals surface area contributed by atoms with Gasteiger partial charge in [0.25, 0.3) is 0 Å². The number of anilines is 1. The van der Waals surface area contributed by atoms with E-state index in [1.54, 1.807) is 11.3 Å². The summed E-state index contributed by atoms with van der Waals surface area (Å²) in [7, 11) is 4.17. The van der Waals surface area contributed by atoms with Gasteiger partial charge >= 0.3 is 0 Å². The predicted molar refractivity (Wildman–Crippen MR) is 78.0 cm³/mol. The fraction of sp³-hybridized carbons (Fsp3) is 0.357. The van der Waals surface area contributed by atoms with Crippen LogP contribution in [0.4, 0.5) is 5.69 Å². The van der Waals surface area contributed by atoms with Crippen LogP contribution in [0.5, 0.6) is 0 Å². The maximum absolute atomic E-state index is 4.26. The molecule has 1 N–H and O–H groups in total. The molecular formula is C14H19N3S. The number of hydrogen-bond donors (Lipinski definition) is 1. The summed E-state index contributed by atoms with van der Waals surface area (Å²) in [6.07, 6.45) is 1.94. The van der Waals surface area contributed by atoms with Crippen LogP contribution in [0.1, 0.15) is 15.4 Å². The van der Waals surface area contributed by atoms with E-state index in [0.717, 1.165) is 18.1 Å². The van der Waals surface area contributed by atoms with Gasteiger partial charge in [-0.15, -0.1) is 11.3 Å². The molecule has 4 heteroatoms. The van der Waals surface area contributed by atoms with Crippen molar-refractivity contribution in [3.63, 3.8) is 0 Å². The van der Waals surface area contributed by atoms with Crippen LogP contribution in [0.2, 0.25) is 0 Å². The zero-order valence-corrected chi connectivity index (χ0v) is 11.9. The molecular weight excluding hydrogens is 242 g/mol. The summed E-state index contributed by atoms with van der Waals surface area (Å²) >= 11 is 1.74. The Hall–Kier alpha value is -1.39. The maximum atomic E-state index is 4.26. The molecule has 18 heavy (non-hydrogen) atoms. The largest absolute Gasteiger partial charge is 0.380 e. The smallest absolute Gasteiger partial charge is 0.0897 e. The lowest BCUT2D eigenvalue weighted by atomic mass is 10.2. The van der Waals surface area contributed by atoms with Gasteiger partial charge in [0, 0.05) is 23.3 Å². The van der Waals surface area contributed by atoms with Crippen molar-refractivity contribution < 1.29 is 0 Å². The number of rotatable bonds is 5. The van der Waals surface area contributed by atoms with Crippen molar-refractivity contribution in [3.05, 3.63) is 45.9 Å². The highest BCUT2D eigenvalue weighted by Gasteiger charge is 2.00. The standard InChI is InChI=1S/C14H19N3S/c1-11-15-8-14(18-11)9-16-13-6-4-5-12(7-13)10-17(2)3/h4-8,16H,9-10H2,1-3H3. The highest BCUT2D eigenvalue weighted by molar-refractivity contribution is 7.11. The van der Waals surface area contributed by atoms with Crippen LogP contribution in [-0.4, -0.2) is 24.0 Å². The lowest BCUT2D eigenvalue weighted by Crippen LogP contribution is -2.10. The van der Waals surface area contributed by atoms with E-state index in [2.05, 4.69) is 53.6 Å². The summed E-state index contributed by atoms with van der Waals surface area (Å²) in [4.78, 5) is 7.70. The molecule has 2 aromatic rings. The Bertz CT molecular complexity index is 505. The van der Waals surface area contributed by atoms with Crippen molar-refractivity contribution in [1.82, 2.24) is 9.88 Å². The molecule has 0 bridgehead atoms. The number of aromatic nitrogens is 1. The van der Waals surface area contributed by atoms with Crippen LogP contribution in [0, 0.1) is 6.92 Å². The fourth-order valence-corrected chi connectivity index (χ4v) is 2.56. The summed E-state index contributed by atoms with van der Waals surface area (Å²) in [6, 6.07) is 8.56. The molecule has 0 aliphatic carbocycles. The SMILES string of the molecule is Cc1ncc(CNc2cccc(CN(C)C)c2)s1. The van der Waals surface area contributed by atoms with Crippen LogP contribution in [0.15, 0.2) is 30.5 Å². The number of aryl methyl sites for hydroxylation is 1.